The Labute approximate surface area is 195 Å². The van der Waals surface area contributed by atoms with Crippen LogP contribution in [0.25, 0.3) is 0 Å². The summed E-state index contributed by atoms with van der Waals surface area (Å²) in [7, 11) is 0. The lowest BCUT2D eigenvalue weighted by atomic mass is 10.1. The van der Waals surface area contributed by atoms with Crippen LogP contribution in [0.5, 0.6) is 0 Å². The third-order valence-corrected chi connectivity index (χ3v) is 5.21. The minimum absolute atomic E-state index is 0.215. The molecule has 0 fully saturated rings. The van der Waals surface area contributed by atoms with Crippen LogP contribution < -0.4 is 16.0 Å². The lowest BCUT2D eigenvalue weighted by molar-refractivity contribution is 0.599. The van der Waals surface area contributed by atoms with E-state index in [1.54, 1.807) is 30.5 Å². The quantitative estimate of drug-likeness (QED) is 0.355. The number of nitrogens with one attached hydrogen (secondary N) is 4. The van der Waals surface area contributed by atoms with Crippen molar-refractivity contribution in [1.29, 1.82) is 5.41 Å². The molecule has 3 rings (SSSR count). The predicted octanol–water partition coefficient (Wildman–Crippen LogP) is 5.32. The molecule has 0 aromatic heterocycles. The van der Waals surface area contributed by atoms with Crippen LogP contribution in [-0.2, 0) is 13.0 Å². The highest BCUT2D eigenvalue weighted by Crippen LogP contribution is 2.13. The van der Waals surface area contributed by atoms with Crippen LogP contribution in [0.15, 0.2) is 108 Å². The Kier molecular flexibility index (Phi) is 8.36. The lowest BCUT2D eigenvalue weighted by Gasteiger charge is -2.21. The van der Waals surface area contributed by atoms with E-state index in [0.717, 1.165) is 29.9 Å². The average molecular weight is 444 g/mol. The molecular formula is C27H30FN5. The molecule has 1 heterocycles. The van der Waals surface area contributed by atoms with Gasteiger partial charge in [-0.25, -0.2) is 9.38 Å². The van der Waals surface area contributed by atoms with Gasteiger partial charge < -0.3 is 16.0 Å². The van der Waals surface area contributed by atoms with E-state index >= 15 is 0 Å². The Morgan fingerprint density at radius 1 is 1.15 bits per heavy atom. The molecule has 2 aromatic carbocycles. The second-order valence-corrected chi connectivity index (χ2v) is 7.72. The predicted molar refractivity (Wildman–Crippen MR) is 134 cm³/mol. The fraction of sp³-hybridized carbons (Fsp3) is 0.185. The fourth-order valence-corrected chi connectivity index (χ4v) is 3.26. The minimum Gasteiger partial charge on any atom is -0.384 e. The lowest BCUT2D eigenvalue weighted by Crippen LogP contribution is -2.35. The van der Waals surface area contributed by atoms with Crippen molar-refractivity contribution in [1.82, 2.24) is 16.0 Å². The number of aryl methyl sites for hydroxylation is 1. The second-order valence-electron chi connectivity index (χ2n) is 7.72. The standard InChI is InChI=1S/C27H30FN5/c1-4-23(30-17-22-12-8-9-13-24(22)28)16-25(29)27-31-18-26(20(3)33-27)32-19(2)14-15-21-10-6-5-7-11-21/h5-13,16,18,29-30,32H,2-4,14-15,17H2,1H3,(H,31,33)/b23-16-,29-25?. The molecular weight excluding hydrogens is 413 g/mol. The number of halogens is 1. The van der Waals surface area contributed by atoms with E-state index in [1.165, 1.54) is 11.6 Å². The Morgan fingerprint density at radius 3 is 2.58 bits per heavy atom. The highest BCUT2D eigenvalue weighted by Gasteiger charge is 2.15. The molecule has 1 aliphatic heterocycles. The molecule has 0 aliphatic carbocycles. The number of benzene rings is 2. The zero-order chi connectivity index (χ0) is 23.6. The smallest absolute Gasteiger partial charge is 0.155 e. The molecule has 0 saturated heterocycles. The van der Waals surface area contributed by atoms with E-state index in [2.05, 4.69) is 46.2 Å². The van der Waals surface area contributed by atoms with Crippen LogP contribution in [0.3, 0.4) is 0 Å². The van der Waals surface area contributed by atoms with Gasteiger partial charge in [0.05, 0.1) is 23.3 Å². The van der Waals surface area contributed by atoms with Gasteiger partial charge in [-0.2, -0.15) is 0 Å². The number of amidine groups is 1. The molecule has 0 radical (unpaired) electrons. The van der Waals surface area contributed by atoms with E-state index in [1.807, 2.05) is 25.1 Å². The number of allylic oxidation sites excluding steroid dienone is 2. The van der Waals surface area contributed by atoms with Gasteiger partial charge in [0.15, 0.2) is 5.84 Å². The maximum absolute atomic E-state index is 13.8. The summed E-state index contributed by atoms with van der Waals surface area (Å²) in [6.45, 7) is 10.5. The van der Waals surface area contributed by atoms with Gasteiger partial charge in [-0.3, -0.25) is 5.41 Å². The second kappa shape index (κ2) is 11.6. The van der Waals surface area contributed by atoms with Gasteiger partial charge in [0.1, 0.15) is 5.82 Å². The van der Waals surface area contributed by atoms with Gasteiger partial charge in [-0.05, 0) is 37.0 Å². The van der Waals surface area contributed by atoms with Crippen LogP contribution >= 0.6 is 0 Å². The van der Waals surface area contributed by atoms with Gasteiger partial charge in [0, 0.05) is 23.5 Å². The summed E-state index contributed by atoms with van der Waals surface area (Å²) in [5.41, 5.74) is 5.08. The highest BCUT2D eigenvalue weighted by atomic mass is 19.1. The Hall–Kier alpha value is -3.93. The van der Waals surface area contributed by atoms with Gasteiger partial charge in [-0.15, -0.1) is 0 Å². The zero-order valence-electron chi connectivity index (χ0n) is 18.9. The first-order chi connectivity index (χ1) is 16.0. The number of rotatable bonds is 11. The van der Waals surface area contributed by atoms with Crippen LogP contribution in [0, 0.1) is 11.2 Å². The van der Waals surface area contributed by atoms with Crippen molar-refractivity contribution in [3.05, 3.63) is 120 Å². The maximum Gasteiger partial charge on any atom is 0.155 e. The molecule has 1 aliphatic rings. The van der Waals surface area contributed by atoms with Gasteiger partial charge in [-0.1, -0.05) is 68.6 Å². The first-order valence-electron chi connectivity index (χ1n) is 11.0. The van der Waals surface area contributed by atoms with Crippen LogP contribution in [-0.4, -0.2) is 11.5 Å². The van der Waals surface area contributed by atoms with Crippen molar-refractivity contribution in [2.75, 3.05) is 0 Å². The molecule has 0 amide bonds. The minimum atomic E-state index is -0.249. The Balaban J connectivity index is 1.57. The van der Waals surface area contributed by atoms with Crippen molar-refractivity contribution in [2.45, 2.75) is 32.7 Å². The molecule has 0 unspecified atom stereocenters. The third-order valence-electron chi connectivity index (χ3n) is 5.21. The molecule has 5 nitrogen and oxygen atoms in total. The highest BCUT2D eigenvalue weighted by molar-refractivity contribution is 6.45. The molecule has 33 heavy (non-hydrogen) atoms. The fourth-order valence-electron chi connectivity index (χ4n) is 3.26. The SMILES string of the molecule is C=C(CCc1ccccc1)NC1=CN=C(C(=N)/C=C(/CC)NCc2ccccc2F)NC1=C. The van der Waals surface area contributed by atoms with E-state index in [-0.39, 0.29) is 11.5 Å². The third kappa shape index (κ3) is 7.04. The molecule has 0 atom stereocenters. The summed E-state index contributed by atoms with van der Waals surface area (Å²) >= 11 is 0. The van der Waals surface area contributed by atoms with E-state index < -0.39 is 0 Å². The van der Waals surface area contributed by atoms with Crippen molar-refractivity contribution in [2.24, 2.45) is 4.99 Å². The molecule has 170 valence electrons. The van der Waals surface area contributed by atoms with Gasteiger partial charge >= 0.3 is 0 Å². The van der Waals surface area contributed by atoms with Crippen LogP contribution in [0.2, 0.25) is 0 Å². The number of aliphatic imine (C=N–C) groups is 1. The van der Waals surface area contributed by atoms with E-state index in [9.17, 15) is 4.39 Å². The van der Waals surface area contributed by atoms with Crippen molar-refractivity contribution in [3.8, 4) is 0 Å². The topological polar surface area (TPSA) is 72.3 Å². The first-order valence-corrected chi connectivity index (χ1v) is 11.0. The largest absolute Gasteiger partial charge is 0.384 e. The molecule has 4 N–H and O–H groups in total. The normalized spacial score (nSPS) is 13.5. The van der Waals surface area contributed by atoms with Crippen LogP contribution in [0.1, 0.15) is 30.9 Å². The molecule has 2 aromatic rings. The van der Waals surface area contributed by atoms with Crippen molar-refractivity contribution < 1.29 is 4.39 Å². The molecule has 6 heteroatoms. The summed E-state index contributed by atoms with van der Waals surface area (Å²) in [5, 5.41) is 18.0. The van der Waals surface area contributed by atoms with Crippen molar-refractivity contribution >= 4 is 11.5 Å². The molecule has 0 saturated carbocycles. The number of hydrogen-bond donors (Lipinski definition) is 4. The summed E-state index contributed by atoms with van der Waals surface area (Å²) in [4.78, 5) is 4.37. The summed E-state index contributed by atoms with van der Waals surface area (Å²) in [5.74, 6) is 0.153. The summed E-state index contributed by atoms with van der Waals surface area (Å²) in [6, 6.07) is 16.9. The Morgan fingerprint density at radius 2 is 1.88 bits per heavy atom. The maximum atomic E-state index is 13.8. The number of nitrogens with zero attached hydrogens (tertiary/aromatic N) is 1. The van der Waals surface area contributed by atoms with Crippen molar-refractivity contribution in [3.63, 3.8) is 0 Å². The molecule has 0 spiro atoms. The molecule has 0 bridgehead atoms. The summed E-state index contributed by atoms with van der Waals surface area (Å²) in [6.07, 6.45) is 5.71. The zero-order valence-corrected chi connectivity index (χ0v) is 18.9. The van der Waals surface area contributed by atoms with Gasteiger partial charge in [0.25, 0.3) is 0 Å². The van der Waals surface area contributed by atoms with E-state index in [0.29, 0.717) is 30.1 Å². The summed E-state index contributed by atoms with van der Waals surface area (Å²) < 4.78 is 13.8. The average Bonchev–Trinajstić information content (AvgIpc) is 2.83. The van der Waals surface area contributed by atoms with E-state index in [4.69, 9.17) is 5.41 Å². The Bertz CT molecular complexity index is 1110. The monoisotopic (exact) mass is 443 g/mol. The number of hydrogen-bond acceptors (Lipinski definition) is 5. The first kappa shape index (κ1) is 23.7. The van der Waals surface area contributed by atoms with Gasteiger partial charge in [0.2, 0.25) is 0 Å². The van der Waals surface area contributed by atoms with Crippen LogP contribution in [0.4, 0.5) is 4.39 Å².